The summed E-state index contributed by atoms with van der Waals surface area (Å²) >= 11 is 3.46. The number of rotatable bonds is 10. The third-order valence-corrected chi connectivity index (χ3v) is 14.3. The number of thioether (sulfide) groups is 1. The molecule has 5 aliphatic rings. The van der Waals surface area contributed by atoms with Crippen LogP contribution in [0.25, 0.3) is 21.3 Å². The summed E-state index contributed by atoms with van der Waals surface area (Å²) in [6.07, 6.45) is 6.67. The molecule has 5 aromatic rings. The van der Waals surface area contributed by atoms with Crippen LogP contribution < -0.4 is 10.6 Å². The number of nitrogens with one attached hydrogen (secondary N) is 2. The maximum Gasteiger partial charge on any atom is 0.315 e. The molecule has 0 radical (unpaired) electrons. The average Bonchev–Trinajstić information content (AvgIpc) is 3.59. The molecule has 3 N–H and O–H groups in total. The van der Waals surface area contributed by atoms with Gasteiger partial charge in [0.2, 0.25) is 0 Å². The first-order valence-electron chi connectivity index (χ1n) is 19.1. The molecular formula is C44H47N3O4S2. The first-order chi connectivity index (χ1) is 25.9. The van der Waals surface area contributed by atoms with Gasteiger partial charge in [-0.05, 0) is 108 Å². The molecule has 0 spiro atoms. The molecule has 4 aromatic carbocycles. The van der Waals surface area contributed by atoms with Crippen LogP contribution in [0.3, 0.4) is 0 Å². The van der Waals surface area contributed by atoms with Crippen molar-refractivity contribution in [2.75, 3.05) is 5.75 Å². The second kappa shape index (κ2) is 14.8. The summed E-state index contributed by atoms with van der Waals surface area (Å²) in [5.41, 5.74) is 7.14. The van der Waals surface area contributed by atoms with E-state index < -0.39 is 6.29 Å². The van der Waals surface area contributed by atoms with Crippen molar-refractivity contribution >= 4 is 39.3 Å². The summed E-state index contributed by atoms with van der Waals surface area (Å²) < 4.78 is 15.8. The number of carbonyl (C=O) groups excluding carboxylic acids is 1. The van der Waals surface area contributed by atoms with Crippen LogP contribution in [0.5, 0.6) is 0 Å². The Kier molecular flexibility index (Phi) is 9.80. The minimum atomic E-state index is -0.562. The second-order valence-electron chi connectivity index (χ2n) is 15.9. The summed E-state index contributed by atoms with van der Waals surface area (Å²) in [5.74, 6) is 3.21. The zero-order valence-corrected chi connectivity index (χ0v) is 31.7. The summed E-state index contributed by atoms with van der Waals surface area (Å²) in [7, 11) is 0. The standard InChI is InChI=1S/C44H47N3O4S2/c1-27-38(26-52-43-46-37-10-2-3-11-39(37)53-43)50-41(51-40(27)33-14-12-28(25-48)13-15-33)36-9-5-8-35(20-36)34-7-4-6-29(19-34)24-45-42(49)47-44-21-30-16-31(22-44)18-32(17-30)23-44/h2-15,19-20,27,30-32,38,40-41,48H,16-18,21-26H2,1H3,(H2,45,47,49)/t27-,30?,31?,32?,38+,40+,41+,44?/m0/s1. The molecule has 10 rings (SSSR count). The minimum Gasteiger partial charge on any atom is -0.392 e. The maximum atomic E-state index is 13.2. The number of benzene rings is 4. The molecule has 7 nitrogen and oxygen atoms in total. The molecule has 0 unspecified atom stereocenters. The van der Waals surface area contributed by atoms with Crippen LogP contribution >= 0.6 is 23.1 Å². The number of nitrogens with zero attached hydrogens (tertiary/aromatic N) is 1. The number of aromatic nitrogens is 1. The van der Waals surface area contributed by atoms with E-state index in [2.05, 4.69) is 96.4 Å². The Labute approximate surface area is 319 Å². The largest absolute Gasteiger partial charge is 0.392 e. The number of aliphatic hydroxyl groups is 1. The number of ether oxygens (including phenoxy) is 2. The Balaban J connectivity index is 0.904. The number of fused-ring (bicyclic) bond motifs is 1. The van der Waals surface area contributed by atoms with Crippen molar-refractivity contribution in [3.05, 3.63) is 119 Å². The monoisotopic (exact) mass is 745 g/mol. The highest BCUT2D eigenvalue weighted by atomic mass is 32.2. The number of hydrogen-bond donors (Lipinski definition) is 3. The predicted octanol–water partition coefficient (Wildman–Crippen LogP) is 9.81. The number of para-hydroxylation sites is 1. The van der Waals surface area contributed by atoms with Gasteiger partial charge in [0, 0.05) is 29.3 Å². The van der Waals surface area contributed by atoms with E-state index in [-0.39, 0.29) is 36.3 Å². The van der Waals surface area contributed by atoms with E-state index in [0.717, 1.165) is 86.0 Å². The van der Waals surface area contributed by atoms with Gasteiger partial charge in [0.1, 0.15) is 0 Å². The van der Waals surface area contributed by atoms with Crippen LogP contribution in [0.1, 0.15) is 80.1 Å². The van der Waals surface area contributed by atoms with E-state index >= 15 is 0 Å². The molecule has 4 aliphatic carbocycles. The van der Waals surface area contributed by atoms with Gasteiger partial charge in [0.15, 0.2) is 10.6 Å². The predicted molar refractivity (Wildman–Crippen MR) is 211 cm³/mol. The van der Waals surface area contributed by atoms with E-state index in [1.807, 2.05) is 18.2 Å². The highest BCUT2D eigenvalue weighted by Crippen LogP contribution is 2.55. The maximum absolute atomic E-state index is 13.2. The van der Waals surface area contributed by atoms with Crippen molar-refractivity contribution < 1.29 is 19.4 Å². The van der Waals surface area contributed by atoms with Crippen LogP contribution in [-0.4, -0.2) is 33.5 Å². The van der Waals surface area contributed by atoms with E-state index in [1.54, 1.807) is 23.1 Å². The molecule has 274 valence electrons. The molecule has 4 bridgehead atoms. The van der Waals surface area contributed by atoms with Gasteiger partial charge in [-0.15, -0.1) is 11.3 Å². The van der Waals surface area contributed by atoms with Crippen LogP contribution in [0.2, 0.25) is 0 Å². The lowest BCUT2D eigenvalue weighted by molar-refractivity contribution is -0.268. The molecule has 2 amide bonds. The fourth-order valence-corrected chi connectivity index (χ4v) is 12.1. The molecule has 1 aromatic heterocycles. The highest BCUT2D eigenvalue weighted by molar-refractivity contribution is 8.01. The smallest absolute Gasteiger partial charge is 0.315 e. The molecule has 1 saturated heterocycles. The number of hydrogen-bond acceptors (Lipinski definition) is 7. The Morgan fingerprint density at radius 1 is 0.849 bits per heavy atom. The van der Waals surface area contributed by atoms with Gasteiger partial charge in [-0.1, -0.05) is 91.5 Å². The van der Waals surface area contributed by atoms with Crippen molar-refractivity contribution in [3.63, 3.8) is 0 Å². The summed E-state index contributed by atoms with van der Waals surface area (Å²) in [4.78, 5) is 18.0. The Bertz CT molecular complexity index is 2010. The molecular weight excluding hydrogens is 699 g/mol. The lowest BCUT2D eigenvalue weighted by Crippen LogP contribution is -2.61. The van der Waals surface area contributed by atoms with Crippen LogP contribution in [-0.2, 0) is 22.6 Å². The van der Waals surface area contributed by atoms with Gasteiger partial charge < -0.3 is 25.2 Å². The van der Waals surface area contributed by atoms with E-state index in [9.17, 15) is 9.90 Å². The normalized spacial score (nSPS) is 29.0. The number of aliphatic hydroxyl groups excluding tert-OH is 1. The molecule has 4 saturated carbocycles. The average molecular weight is 746 g/mol. The molecule has 4 atom stereocenters. The van der Waals surface area contributed by atoms with Crippen LogP contribution in [0, 0.1) is 23.7 Å². The van der Waals surface area contributed by atoms with Crippen molar-refractivity contribution in [3.8, 4) is 11.1 Å². The summed E-state index contributed by atoms with van der Waals surface area (Å²) in [6, 6.07) is 33.1. The SMILES string of the molecule is C[C@H]1[C@@H](CSc2nc3ccccc3s2)O[C@@H](c2cccc(-c3cccc(CNC(=O)NC45CC6CC(CC(C6)C4)C5)c3)c2)O[C@H]1c1ccc(CO)cc1. The van der Waals surface area contributed by atoms with Crippen molar-refractivity contribution in [2.24, 2.45) is 23.7 Å². The van der Waals surface area contributed by atoms with Crippen LogP contribution in [0.4, 0.5) is 4.79 Å². The number of carbonyl (C=O) groups is 1. The lowest BCUT2D eigenvalue weighted by atomic mass is 9.53. The van der Waals surface area contributed by atoms with Crippen LogP contribution in [0.15, 0.2) is 101 Å². The van der Waals surface area contributed by atoms with Gasteiger partial charge in [-0.3, -0.25) is 0 Å². The van der Waals surface area contributed by atoms with E-state index in [4.69, 9.17) is 14.5 Å². The molecule has 53 heavy (non-hydrogen) atoms. The number of thiazole rings is 1. The van der Waals surface area contributed by atoms with Crippen molar-refractivity contribution in [2.45, 2.75) is 87.0 Å². The zero-order valence-electron chi connectivity index (χ0n) is 30.1. The lowest BCUT2D eigenvalue weighted by Gasteiger charge is -2.56. The van der Waals surface area contributed by atoms with Gasteiger partial charge >= 0.3 is 6.03 Å². The highest BCUT2D eigenvalue weighted by Gasteiger charge is 2.51. The first-order valence-corrected chi connectivity index (χ1v) is 20.9. The Morgan fingerprint density at radius 3 is 2.30 bits per heavy atom. The minimum absolute atomic E-state index is 0.00272. The molecule has 2 heterocycles. The van der Waals surface area contributed by atoms with Gasteiger partial charge in [0.05, 0.1) is 29.0 Å². The molecule has 1 aliphatic heterocycles. The van der Waals surface area contributed by atoms with Crippen molar-refractivity contribution in [1.29, 1.82) is 0 Å². The number of amides is 2. The topological polar surface area (TPSA) is 92.7 Å². The zero-order chi connectivity index (χ0) is 35.9. The molecule has 5 fully saturated rings. The van der Waals surface area contributed by atoms with E-state index in [0.29, 0.717) is 6.54 Å². The van der Waals surface area contributed by atoms with Crippen molar-refractivity contribution in [1.82, 2.24) is 15.6 Å². The summed E-state index contributed by atoms with van der Waals surface area (Å²) in [5, 5.41) is 16.3. The van der Waals surface area contributed by atoms with E-state index in [1.165, 1.54) is 24.0 Å². The fourth-order valence-electron chi connectivity index (χ4n) is 9.83. The van der Waals surface area contributed by atoms with Gasteiger partial charge in [0.25, 0.3) is 0 Å². The summed E-state index contributed by atoms with van der Waals surface area (Å²) in [6.45, 7) is 2.68. The van der Waals surface area contributed by atoms with Gasteiger partial charge in [-0.25, -0.2) is 9.78 Å². The first kappa shape index (κ1) is 35.0. The number of urea groups is 1. The molecule has 9 heteroatoms. The Hall–Kier alpha value is -3.73. The van der Waals surface area contributed by atoms with Gasteiger partial charge in [-0.2, -0.15) is 0 Å². The quantitative estimate of drug-likeness (QED) is 0.123. The third kappa shape index (κ3) is 7.51. The third-order valence-electron chi connectivity index (χ3n) is 12.1. The fraction of sp³-hybridized carbons (Fsp3) is 0.409. The Morgan fingerprint density at radius 2 is 1.57 bits per heavy atom. The second-order valence-corrected chi connectivity index (χ2v) is 18.2.